The first-order valence-corrected chi connectivity index (χ1v) is 8.63. The average molecular weight is 400 g/mol. The lowest BCUT2D eigenvalue weighted by Gasteiger charge is -2.23. The molecule has 0 bridgehead atoms. The molecule has 0 spiro atoms. The summed E-state index contributed by atoms with van der Waals surface area (Å²) < 4.78 is 0. The number of hydrogen-bond acceptors (Lipinski definition) is 2. The van der Waals surface area contributed by atoms with Crippen LogP contribution in [0.15, 0.2) is 42.5 Å². The summed E-state index contributed by atoms with van der Waals surface area (Å²) in [6.07, 6.45) is 0. The minimum atomic E-state index is -1.31. The van der Waals surface area contributed by atoms with Crippen LogP contribution in [0, 0.1) is 5.41 Å². The van der Waals surface area contributed by atoms with Gasteiger partial charge < -0.3 is 10.6 Å². The van der Waals surface area contributed by atoms with Gasteiger partial charge in [-0.3, -0.25) is 9.59 Å². The zero-order valence-corrected chi connectivity index (χ0v) is 16.0. The molecule has 0 atom stereocenters. The second-order valence-electron chi connectivity index (χ2n) is 5.98. The maximum absolute atomic E-state index is 12.5. The van der Waals surface area contributed by atoms with Gasteiger partial charge in [-0.25, -0.2) is 0 Å². The third-order valence-electron chi connectivity index (χ3n) is 3.71. The lowest BCUT2D eigenvalue weighted by atomic mass is 9.90. The van der Waals surface area contributed by atoms with Gasteiger partial charge in [0, 0.05) is 16.6 Å². The Hall–Kier alpha value is -1.75. The number of carbonyl (C=O) groups is 2. The molecule has 0 radical (unpaired) electrons. The fourth-order valence-electron chi connectivity index (χ4n) is 2.01. The summed E-state index contributed by atoms with van der Waals surface area (Å²) in [4.78, 5) is 25.0. The van der Waals surface area contributed by atoms with Crippen molar-refractivity contribution in [1.82, 2.24) is 5.32 Å². The molecule has 0 aliphatic rings. The molecule has 0 saturated carbocycles. The van der Waals surface area contributed by atoms with Crippen LogP contribution < -0.4 is 10.6 Å². The predicted molar refractivity (Wildman–Crippen MR) is 102 cm³/mol. The van der Waals surface area contributed by atoms with Crippen LogP contribution in [0.5, 0.6) is 0 Å². The molecular weight excluding hydrogens is 383 g/mol. The lowest BCUT2D eigenvalue weighted by molar-refractivity contribution is -0.138. The average Bonchev–Trinajstić information content (AvgIpc) is 2.57. The smallest absolute Gasteiger partial charge is 0.239 e. The highest BCUT2D eigenvalue weighted by Crippen LogP contribution is 2.28. The van der Waals surface area contributed by atoms with Gasteiger partial charge in [0.15, 0.2) is 0 Å². The van der Waals surface area contributed by atoms with Crippen LogP contribution in [0.4, 0.5) is 5.69 Å². The van der Waals surface area contributed by atoms with Crippen molar-refractivity contribution in [2.45, 2.75) is 20.4 Å². The van der Waals surface area contributed by atoms with Crippen molar-refractivity contribution < 1.29 is 9.59 Å². The topological polar surface area (TPSA) is 58.2 Å². The van der Waals surface area contributed by atoms with Crippen LogP contribution in [0.1, 0.15) is 19.4 Å². The molecule has 0 unspecified atom stereocenters. The molecule has 2 aromatic carbocycles. The number of amides is 2. The number of hydrogen-bond donors (Lipinski definition) is 2. The summed E-state index contributed by atoms with van der Waals surface area (Å²) in [5, 5.41) is 6.69. The first-order valence-electron chi connectivity index (χ1n) is 7.50. The molecule has 0 aromatic heterocycles. The molecule has 2 rings (SSSR count). The fourth-order valence-corrected chi connectivity index (χ4v) is 2.55. The van der Waals surface area contributed by atoms with Gasteiger partial charge in [0.05, 0.1) is 10.7 Å². The molecular formula is C18H17Cl3N2O2. The highest BCUT2D eigenvalue weighted by molar-refractivity contribution is 6.36. The third-order valence-corrected chi connectivity index (χ3v) is 4.64. The van der Waals surface area contributed by atoms with E-state index in [2.05, 4.69) is 10.6 Å². The van der Waals surface area contributed by atoms with Gasteiger partial charge in [0.2, 0.25) is 11.8 Å². The van der Waals surface area contributed by atoms with Crippen LogP contribution in [0.3, 0.4) is 0 Å². The number of nitrogens with one attached hydrogen (secondary N) is 2. The van der Waals surface area contributed by atoms with Gasteiger partial charge in [-0.2, -0.15) is 0 Å². The summed E-state index contributed by atoms with van der Waals surface area (Å²) in [7, 11) is 0. The van der Waals surface area contributed by atoms with E-state index in [-0.39, 0.29) is 6.54 Å². The monoisotopic (exact) mass is 398 g/mol. The van der Waals surface area contributed by atoms with Crippen LogP contribution in [-0.4, -0.2) is 11.8 Å². The zero-order valence-electron chi connectivity index (χ0n) is 13.7. The maximum atomic E-state index is 12.5. The van der Waals surface area contributed by atoms with Crippen molar-refractivity contribution in [2.24, 2.45) is 5.41 Å². The Labute approximate surface area is 161 Å². The third kappa shape index (κ3) is 4.88. The Morgan fingerprint density at radius 2 is 1.64 bits per heavy atom. The van der Waals surface area contributed by atoms with Crippen molar-refractivity contribution in [3.8, 4) is 0 Å². The largest absolute Gasteiger partial charge is 0.351 e. The number of benzene rings is 2. The molecule has 2 aromatic rings. The number of carbonyl (C=O) groups excluding carboxylic acids is 2. The second-order valence-corrected chi connectivity index (χ2v) is 7.23. The minimum absolute atomic E-state index is 0.229. The number of halogens is 3. The van der Waals surface area contributed by atoms with Crippen molar-refractivity contribution in [3.63, 3.8) is 0 Å². The van der Waals surface area contributed by atoms with Gasteiger partial charge in [-0.05, 0) is 43.7 Å². The Kier molecular flexibility index (Phi) is 6.33. The molecule has 0 heterocycles. The number of anilines is 1. The Bertz CT molecular complexity index is 807. The molecule has 4 nitrogen and oxygen atoms in total. The SMILES string of the molecule is CC(C)(C(=O)NCc1ccccc1Cl)C(=O)Nc1cc(Cl)ccc1Cl. The highest BCUT2D eigenvalue weighted by Gasteiger charge is 2.36. The van der Waals surface area contributed by atoms with E-state index in [1.165, 1.54) is 19.9 Å². The van der Waals surface area contributed by atoms with E-state index in [9.17, 15) is 9.59 Å². The second kappa shape index (κ2) is 8.09. The van der Waals surface area contributed by atoms with Gasteiger partial charge >= 0.3 is 0 Å². The van der Waals surface area contributed by atoms with E-state index < -0.39 is 17.2 Å². The first kappa shape index (κ1) is 19.6. The summed E-state index contributed by atoms with van der Waals surface area (Å²) in [6.45, 7) is 3.29. The molecule has 25 heavy (non-hydrogen) atoms. The molecule has 132 valence electrons. The van der Waals surface area contributed by atoms with E-state index in [1.807, 2.05) is 6.07 Å². The number of rotatable bonds is 5. The Morgan fingerprint density at radius 3 is 2.32 bits per heavy atom. The van der Waals surface area contributed by atoms with Crippen LogP contribution in [-0.2, 0) is 16.1 Å². The molecule has 0 saturated heterocycles. The summed E-state index contributed by atoms with van der Waals surface area (Å²) in [5.74, 6) is -0.920. The Balaban J connectivity index is 2.06. The standard InChI is InChI=1S/C18H17Cl3N2O2/c1-18(2,16(24)22-10-11-5-3-4-6-13(11)20)17(25)23-15-9-12(19)7-8-14(15)21/h3-9H,10H2,1-2H3,(H,22,24)(H,23,25). The van der Waals surface area contributed by atoms with Crippen molar-refractivity contribution in [2.75, 3.05) is 5.32 Å². The molecule has 2 N–H and O–H groups in total. The Morgan fingerprint density at radius 1 is 0.960 bits per heavy atom. The lowest BCUT2D eigenvalue weighted by Crippen LogP contribution is -2.44. The molecule has 0 aliphatic heterocycles. The predicted octanol–water partition coefficient (Wildman–Crippen LogP) is 4.93. The molecule has 7 heteroatoms. The van der Waals surface area contributed by atoms with E-state index >= 15 is 0 Å². The van der Waals surface area contributed by atoms with Gasteiger partial charge in [-0.15, -0.1) is 0 Å². The minimum Gasteiger partial charge on any atom is -0.351 e. The molecule has 2 amide bonds. The van der Waals surface area contributed by atoms with Crippen LogP contribution >= 0.6 is 34.8 Å². The molecule has 0 aliphatic carbocycles. The quantitative estimate of drug-likeness (QED) is 0.701. The normalized spacial score (nSPS) is 11.1. The zero-order chi connectivity index (χ0) is 18.6. The van der Waals surface area contributed by atoms with E-state index in [4.69, 9.17) is 34.8 Å². The van der Waals surface area contributed by atoms with E-state index in [0.717, 1.165) is 5.56 Å². The summed E-state index contributed by atoms with van der Waals surface area (Å²) >= 11 is 18.0. The van der Waals surface area contributed by atoms with Crippen molar-refractivity contribution in [1.29, 1.82) is 0 Å². The van der Waals surface area contributed by atoms with Crippen LogP contribution in [0.2, 0.25) is 15.1 Å². The fraction of sp³-hybridized carbons (Fsp3) is 0.222. The van der Waals surface area contributed by atoms with E-state index in [0.29, 0.717) is 20.8 Å². The van der Waals surface area contributed by atoms with Gasteiger partial charge in [0.1, 0.15) is 5.41 Å². The summed E-state index contributed by atoms with van der Waals surface area (Å²) in [6, 6.07) is 11.9. The van der Waals surface area contributed by atoms with E-state index in [1.54, 1.807) is 30.3 Å². The maximum Gasteiger partial charge on any atom is 0.239 e. The summed E-state index contributed by atoms with van der Waals surface area (Å²) in [5.41, 5.74) is -0.190. The van der Waals surface area contributed by atoms with Gasteiger partial charge in [0.25, 0.3) is 0 Å². The van der Waals surface area contributed by atoms with Crippen molar-refractivity contribution in [3.05, 3.63) is 63.1 Å². The van der Waals surface area contributed by atoms with Crippen molar-refractivity contribution >= 4 is 52.3 Å². The van der Waals surface area contributed by atoms with Crippen LogP contribution in [0.25, 0.3) is 0 Å². The highest BCUT2D eigenvalue weighted by atomic mass is 35.5. The first-order chi connectivity index (χ1) is 11.7. The molecule has 0 fully saturated rings. The van der Waals surface area contributed by atoms with Gasteiger partial charge in [-0.1, -0.05) is 53.0 Å².